The lowest BCUT2D eigenvalue weighted by atomic mass is 10.00. The van der Waals surface area contributed by atoms with Gasteiger partial charge in [0.2, 0.25) is 0 Å². The lowest BCUT2D eigenvalue weighted by molar-refractivity contribution is 0.414. The van der Waals surface area contributed by atoms with E-state index in [-0.39, 0.29) is 0 Å². The van der Waals surface area contributed by atoms with Gasteiger partial charge in [-0.05, 0) is 47.7 Å². The van der Waals surface area contributed by atoms with Crippen molar-refractivity contribution in [3.05, 3.63) is 35.4 Å². The predicted molar refractivity (Wildman–Crippen MR) is 74.4 cm³/mol. The molecule has 0 spiro atoms. The van der Waals surface area contributed by atoms with E-state index >= 15 is 0 Å². The van der Waals surface area contributed by atoms with Crippen LogP contribution in [0.5, 0.6) is 11.5 Å². The van der Waals surface area contributed by atoms with Crippen molar-refractivity contribution >= 4 is 26.7 Å². The Labute approximate surface area is 110 Å². The highest BCUT2D eigenvalue weighted by atomic mass is 79.9. The molecule has 0 N–H and O–H groups in total. The topological polar surface area (TPSA) is 18.5 Å². The van der Waals surface area contributed by atoms with E-state index in [0.717, 1.165) is 22.2 Å². The lowest BCUT2D eigenvalue weighted by Crippen LogP contribution is -1.93. The second kappa shape index (κ2) is 4.96. The molecule has 0 aromatic heterocycles. The minimum Gasteiger partial charge on any atom is -0.497 e. The number of aryl methyl sites for hydroxylation is 1. The van der Waals surface area contributed by atoms with E-state index in [1.54, 1.807) is 14.2 Å². The maximum absolute atomic E-state index is 5.44. The van der Waals surface area contributed by atoms with Crippen LogP contribution in [0.4, 0.5) is 0 Å². The Balaban J connectivity index is 2.80. The molecule has 0 saturated heterocycles. The van der Waals surface area contributed by atoms with Crippen molar-refractivity contribution in [2.75, 3.05) is 14.2 Å². The number of alkyl halides is 1. The molecule has 0 aliphatic heterocycles. The quantitative estimate of drug-likeness (QED) is 0.795. The van der Waals surface area contributed by atoms with E-state index in [9.17, 15) is 0 Å². The Morgan fingerprint density at radius 3 is 2.41 bits per heavy atom. The number of halogens is 1. The van der Waals surface area contributed by atoms with Gasteiger partial charge in [0.05, 0.1) is 14.2 Å². The second-order valence-electron chi connectivity index (χ2n) is 3.91. The van der Waals surface area contributed by atoms with Gasteiger partial charge in [0, 0.05) is 10.7 Å². The van der Waals surface area contributed by atoms with Gasteiger partial charge in [0.1, 0.15) is 11.5 Å². The van der Waals surface area contributed by atoms with Crippen LogP contribution in [0.2, 0.25) is 0 Å². The highest BCUT2D eigenvalue weighted by molar-refractivity contribution is 9.08. The van der Waals surface area contributed by atoms with Gasteiger partial charge >= 0.3 is 0 Å². The highest BCUT2D eigenvalue weighted by Gasteiger charge is 2.09. The number of methoxy groups -OCH3 is 2. The van der Waals surface area contributed by atoms with Gasteiger partial charge in [0.15, 0.2) is 0 Å². The van der Waals surface area contributed by atoms with Crippen LogP contribution in [0.25, 0.3) is 10.8 Å². The van der Waals surface area contributed by atoms with Gasteiger partial charge in [-0.25, -0.2) is 0 Å². The molecule has 0 heterocycles. The summed E-state index contributed by atoms with van der Waals surface area (Å²) in [7, 11) is 3.38. The Hall–Kier alpha value is -1.22. The van der Waals surface area contributed by atoms with E-state index in [1.165, 1.54) is 16.5 Å². The summed E-state index contributed by atoms with van der Waals surface area (Å²) in [5, 5.41) is 3.12. The van der Waals surface area contributed by atoms with Crippen LogP contribution < -0.4 is 9.47 Å². The molecule has 90 valence electrons. The third-order valence-corrected chi connectivity index (χ3v) is 3.65. The highest BCUT2D eigenvalue weighted by Crippen LogP contribution is 2.34. The summed E-state index contributed by atoms with van der Waals surface area (Å²) in [6.45, 7) is 2.12. The molecule has 2 aromatic rings. The fraction of sp³-hybridized carbons (Fsp3) is 0.286. The van der Waals surface area contributed by atoms with E-state index in [2.05, 4.69) is 35.0 Å². The van der Waals surface area contributed by atoms with Crippen molar-refractivity contribution in [2.24, 2.45) is 0 Å². The monoisotopic (exact) mass is 294 g/mol. The van der Waals surface area contributed by atoms with Crippen molar-refractivity contribution in [1.82, 2.24) is 0 Å². The van der Waals surface area contributed by atoms with Gasteiger partial charge in [-0.3, -0.25) is 0 Å². The predicted octanol–water partition coefficient (Wildman–Crippen LogP) is 4.06. The fourth-order valence-electron chi connectivity index (χ4n) is 2.00. The zero-order chi connectivity index (χ0) is 12.4. The van der Waals surface area contributed by atoms with E-state index in [1.807, 2.05) is 12.1 Å². The Kier molecular flexibility index (Phi) is 3.57. The first-order valence-electron chi connectivity index (χ1n) is 5.41. The van der Waals surface area contributed by atoms with Crippen molar-refractivity contribution in [2.45, 2.75) is 12.3 Å². The maximum Gasteiger partial charge on any atom is 0.127 e. The van der Waals surface area contributed by atoms with Gasteiger partial charge < -0.3 is 9.47 Å². The largest absolute Gasteiger partial charge is 0.497 e. The van der Waals surface area contributed by atoms with Crippen molar-refractivity contribution < 1.29 is 9.47 Å². The van der Waals surface area contributed by atoms with Gasteiger partial charge in [0.25, 0.3) is 0 Å². The first-order chi connectivity index (χ1) is 8.21. The number of ether oxygens (including phenoxy) is 2. The van der Waals surface area contributed by atoms with Crippen molar-refractivity contribution in [1.29, 1.82) is 0 Å². The number of rotatable bonds is 3. The molecule has 0 aliphatic rings. The average Bonchev–Trinajstić information content (AvgIpc) is 2.39. The average molecular weight is 295 g/mol. The number of benzene rings is 2. The van der Waals surface area contributed by atoms with Crippen molar-refractivity contribution in [3.8, 4) is 11.5 Å². The molecule has 0 fully saturated rings. The first-order valence-corrected chi connectivity index (χ1v) is 6.53. The van der Waals surface area contributed by atoms with Crippen LogP contribution in [-0.4, -0.2) is 14.2 Å². The Morgan fingerprint density at radius 2 is 1.82 bits per heavy atom. The molecule has 0 aliphatic carbocycles. The first kappa shape index (κ1) is 12.2. The van der Waals surface area contributed by atoms with Crippen LogP contribution in [0.3, 0.4) is 0 Å². The third-order valence-electron chi connectivity index (χ3n) is 3.05. The Morgan fingerprint density at radius 1 is 1.06 bits per heavy atom. The summed E-state index contributed by atoms with van der Waals surface area (Å²) in [5.41, 5.74) is 2.50. The zero-order valence-corrected chi connectivity index (χ0v) is 11.8. The molecule has 0 bridgehead atoms. The maximum atomic E-state index is 5.44. The van der Waals surface area contributed by atoms with Crippen molar-refractivity contribution in [3.63, 3.8) is 0 Å². The van der Waals surface area contributed by atoms with Crippen LogP contribution in [-0.2, 0) is 5.33 Å². The molecule has 0 unspecified atom stereocenters. The molecule has 2 aromatic carbocycles. The number of hydrogen-bond acceptors (Lipinski definition) is 2. The van der Waals surface area contributed by atoms with Crippen LogP contribution in [0.1, 0.15) is 11.1 Å². The molecule has 0 radical (unpaired) electrons. The molecule has 3 heteroatoms. The minimum atomic E-state index is 0.822. The summed E-state index contributed by atoms with van der Waals surface area (Å²) in [5.74, 6) is 1.78. The molecule has 0 amide bonds. The standard InChI is InChI=1S/C14H15BrO2/c1-9-10(8-15)6-14(17-3)12-5-4-11(16-2)7-13(9)12/h4-7H,8H2,1-3H3. The summed E-state index contributed by atoms with van der Waals surface area (Å²) in [6.07, 6.45) is 0. The van der Waals surface area contributed by atoms with E-state index < -0.39 is 0 Å². The van der Waals surface area contributed by atoms with Gasteiger partial charge in [-0.2, -0.15) is 0 Å². The molecule has 0 atom stereocenters. The molecule has 17 heavy (non-hydrogen) atoms. The summed E-state index contributed by atoms with van der Waals surface area (Å²) in [6, 6.07) is 8.13. The molecular formula is C14H15BrO2. The van der Waals surface area contributed by atoms with Gasteiger partial charge in [-0.15, -0.1) is 0 Å². The number of hydrogen-bond donors (Lipinski definition) is 0. The van der Waals surface area contributed by atoms with Crippen LogP contribution in [0, 0.1) is 6.92 Å². The SMILES string of the molecule is COc1ccc2c(OC)cc(CBr)c(C)c2c1. The zero-order valence-electron chi connectivity index (χ0n) is 10.2. The molecule has 0 saturated carbocycles. The smallest absolute Gasteiger partial charge is 0.127 e. The third kappa shape index (κ3) is 2.12. The molecule has 2 nitrogen and oxygen atoms in total. The molecular weight excluding hydrogens is 280 g/mol. The normalized spacial score (nSPS) is 10.6. The van der Waals surface area contributed by atoms with Gasteiger partial charge in [-0.1, -0.05) is 15.9 Å². The minimum absolute atomic E-state index is 0.822. The van der Waals surface area contributed by atoms with Crippen LogP contribution >= 0.6 is 15.9 Å². The summed E-state index contributed by atoms with van der Waals surface area (Å²) < 4.78 is 10.7. The second-order valence-corrected chi connectivity index (χ2v) is 4.47. The van der Waals surface area contributed by atoms with E-state index in [4.69, 9.17) is 9.47 Å². The lowest BCUT2D eigenvalue weighted by Gasteiger charge is -2.13. The Bertz CT molecular complexity index is 549. The van der Waals surface area contributed by atoms with E-state index in [0.29, 0.717) is 0 Å². The van der Waals surface area contributed by atoms with Crippen LogP contribution in [0.15, 0.2) is 24.3 Å². The number of fused-ring (bicyclic) bond motifs is 1. The fourth-order valence-corrected chi connectivity index (χ4v) is 2.58. The summed E-state index contributed by atoms with van der Waals surface area (Å²) >= 11 is 3.51. The molecule has 2 rings (SSSR count). The summed E-state index contributed by atoms with van der Waals surface area (Å²) in [4.78, 5) is 0.